The minimum atomic E-state index is -0.444. The maximum Gasteiger partial charge on any atom is 0.321 e. The number of nitrogens with zero attached hydrogens (tertiary/aromatic N) is 2. The van der Waals surface area contributed by atoms with Crippen LogP contribution in [0.3, 0.4) is 0 Å². The first-order valence-corrected chi connectivity index (χ1v) is 7.40. The van der Waals surface area contributed by atoms with Crippen LogP contribution in [0.2, 0.25) is 0 Å². The van der Waals surface area contributed by atoms with Gasteiger partial charge in [-0.25, -0.2) is 14.2 Å². The predicted octanol–water partition coefficient (Wildman–Crippen LogP) is 2.52. The molecular formula is C16H18FN5O. The van der Waals surface area contributed by atoms with Crippen molar-refractivity contribution in [3.8, 4) is 0 Å². The Balaban J connectivity index is 1.55. The Hall–Kier alpha value is -2.83. The third-order valence-corrected chi connectivity index (χ3v) is 3.73. The third-order valence-electron chi connectivity index (χ3n) is 3.73. The van der Waals surface area contributed by atoms with Gasteiger partial charge in [-0.15, -0.1) is 0 Å². The number of amides is 2. The number of carbonyl (C=O) groups excluding carboxylic acids is 1. The van der Waals surface area contributed by atoms with Crippen molar-refractivity contribution in [3.63, 3.8) is 0 Å². The Morgan fingerprint density at radius 3 is 2.87 bits per heavy atom. The molecule has 1 aliphatic heterocycles. The fourth-order valence-corrected chi connectivity index (χ4v) is 2.52. The molecule has 2 aromatic rings. The summed E-state index contributed by atoms with van der Waals surface area (Å²) in [6.07, 6.45) is 2.39. The first kappa shape index (κ1) is 15.1. The minimum absolute atomic E-state index is 0.109. The molecule has 1 unspecified atom stereocenters. The zero-order valence-electron chi connectivity index (χ0n) is 12.5. The molecule has 1 aromatic carbocycles. The number of hydrogen-bond donors (Lipinski definition) is 3. The molecule has 4 N–H and O–H groups in total. The van der Waals surface area contributed by atoms with Crippen molar-refractivity contribution in [1.82, 2.24) is 9.88 Å². The number of nitrogen functional groups attached to an aromatic ring is 1. The van der Waals surface area contributed by atoms with Crippen LogP contribution in [-0.2, 0) is 0 Å². The fourth-order valence-electron chi connectivity index (χ4n) is 2.52. The monoisotopic (exact) mass is 315 g/mol. The number of halogens is 1. The average molecular weight is 315 g/mol. The standard InChI is InChI=1S/C16H18FN5O/c17-13-3-1-2-4-14(13)21-16(23)22-8-7-12(10-22)20-15-6-5-11(18)9-19-15/h1-6,9,12H,7-8,10,18H2,(H,19,20)(H,21,23). The maximum absolute atomic E-state index is 13.6. The van der Waals surface area contributed by atoms with E-state index < -0.39 is 5.82 Å². The molecule has 120 valence electrons. The molecule has 6 nitrogen and oxygen atoms in total. The van der Waals surface area contributed by atoms with Gasteiger partial charge in [0, 0.05) is 19.1 Å². The number of urea groups is 1. The Labute approximate surface area is 133 Å². The van der Waals surface area contributed by atoms with E-state index in [4.69, 9.17) is 5.73 Å². The van der Waals surface area contributed by atoms with Crippen molar-refractivity contribution < 1.29 is 9.18 Å². The lowest BCUT2D eigenvalue weighted by Gasteiger charge is -2.18. The molecule has 2 heterocycles. The van der Waals surface area contributed by atoms with Gasteiger partial charge in [-0.05, 0) is 30.7 Å². The Kier molecular flexibility index (Phi) is 4.27. The van der Waals surface area contributed by atoms with E-state index in [1.807, 2.05) is 0 Å². The largest absolute Gasteiger partial charge is 0.397 e. The van der Waals surface area contributed by atoms with Crippen molar-refractivity contribution in [2.24, 2.45) is 0 Å². The number of benzene rings is 1. The lowest BCUT2D eigenvalue weighted by atomic mass is 10.2. The first-order chi connectivity index (χ1) is 11.1. The third kappa shape index (κ3) is 3.68. The van der Waals surface area contributed by atoms with E-state index in [1.165, 1.54) is 12.1 Å². The molecule has 7 heteroatoms. The lowest BCUT2D eigenvalue weighted by Crippen LogP contribution is -2.35. The van der Waals surface area contributed by atoms with Gasteiger partial charge in [-0.2, -0.15) is 0 Å². The van der Waals surface area contributed by atoms with Crippen LogP contribution in [-0.4, -0.2) is 35.0 Å². The smallest absolute Gasteiger partial charge is 0.321 e. The number of hydrogen-bond acceptors (Lipinski definition) is 4. The number of para-hydroxylation sites is 1. The summed E-state index contributed by atoms with van der Waals surface area (Å²) in [5.41, 5.74) is 6.39. The first-order valence-electron chi connectivity index (χ1n) is 7.40. The van der Waals surface area contributed by atoms with E-state index in [0.29, 0.717) is 18.8 Å². The van der Waals surface area contributed by atoms with Gasteiger partial charge in [0.1, 0.15) is 11.6 Å². The molecule has 0 spiro atoms. The Bertz CT molecular complexity index is 691. The molecule has 2 amide bonds. The van der Waals surface area contributed by atoms with Crippen LogP contribution in [0.25, 0.3) is 0 Å². The van der Waals surface area contributed by atoms with E-state index in [2.05, 4.69) is 15.6 Å². The van der Waals surface area contributed by atoms with Gasteiger partial charge in [0.15, 0.2) is 0 Å². The van der Waals surface area contributed by atoms with Gasteiger partial charge in [-0.1, -0.05) is 12.1 Å². The maximum atomic E-state index is 13.6. The van der Waals surface area contributed by atoms with Gasteiger partial charge in [-0.3, -0.25) is 0 Å². The van der Waals surface area contributed by atoms with Crippen LogP contribution in [0.4, 0.5) is 26.4 Å². The number of rotatable bonds is 3. The average Bonchev–Trinajstić information content (AvgIpc) is 3.00. The van der Waals surface area contributed by atoms with Gasteiger partial charge in [0.2, 0.25) is 0 Å². The van der Waals surface area contributed by atoms with Crippen LogP contribution in [0.1, 0.15) is 6.42 Å². The normalized spacial score (nSPS) is 17.1. The second-order valence-corrected chi connectivity index (χ2v) is 5.46. The second kappa shape index (κ2) is 6.51. The van der Waals surface area contributed by atoms with Gasteiger partial charge in [0.05, 0.1) is 17.6 Å². The zero-order valence-corrected chi connectivity index (χ0v) is 12.5. The number of carbonyl (C=O) groups is 1. The summed E-state index contributed by atoms with van der Waals surface area (Å²) in [6, 6.07) is 9.50. The van der Waals surface area contributed by atoms with Crippen LogP contribution in [0.15, 0.2) is 42.6 Å². The van der Waals surface area contributed by atoms with Crippen LogP contribution >= 0.6 is 0 Å². The summed E-state index contributed by atoms with van der Waals surface area (Å²) in [5, 5.41) is 5.86. The van der Waals surface area contributed by atoms with Gasteiger partial charge in [0.25, 0.3) is 0 Å². The van der Waals surface area contributed by atoms with Crippen LogP contribution in [0.5, 0.6) is 0 Å². The summed E-state index contributed by atoms with van der Waals surface area (Å²) < 4.78 is 13.6. The van der Waals surface area contributed by atoms with Crippen molar-refractivity contribution in [1.29, 1.82) is 0 Å². The molecule has 0 bridgehead atoms. The lowest BCUT2D eigenvalue weighted by molar-refractivity contribution is 0.222. The molecule has 1 saturated heterocycles. The summed E-state index contributed by atoms with van der Waals surface area (Å²) in [4.78, 5) is 18.0. The van der Waals surface area contributed by atoms with Gasteiger partial charge < -0.3 is 21.3 Å². The topological polar surface area (TPSA) is 83.3 Å². The zero-order chi connectivity index (χ0) is 16.2. The van der Waals surface area contributed by atoms with E-state index >= 15 is 0 Å². The molecule has 1 aromatic heterocycles. The van der Waals surface area contributed by atoms with Crippen molar-refractivity contribution in [3.05, 3.63) is 48.4 Å². The number of anilines is 3. The van der Waals surface area contributed by atoms with Gasteiger partial charge >= 0.3 is 6.03 Å². The minimum Gasteiger partial charge on any atom is -0.397 e. The number of likely N-dealkylation sites (tertiary alicyclic amines) is 1. The fraction of sp³-hybridized carbons (Fsp3) is 0.250. The highest BCUT2D eigenvalue weighted by Gasteiger charge is 2.26. The quantitative estimate of drug-likeness (QED) is 0.813. The molecule has 0 saturated carbocycles. The number of nitrogens with one attached hydrogen (secondary N) is 2. The molecule has 1 atom stereocenters. The van der Waals surface area contributed by atoms with Crippen molar-refractivity contribution >= 4 is 23.2 Å². The van der Waals surface area contributed by atoms with E-state index in [0.717, 1.165) is 12.2 Å². The molecule has 23 heavy (non-hydrogen) atoms. The summed E-state index contributed by atoms with van der Waals surface area (Å²) in [7, 11) is 0. The molecule has 1 fully saturated rings. The summed E-state index contributed by atoms with van der Waals surface area (Å²) in [6.45, 7) is 1.14. The highest BCUT2D eigenvalue weighted by atomic mass is 19.1. The molecule has 1 aliphatic rings. The van der Waals surface area contributed by atoms with E-state index in [1.54, 1.807) is 35.4 Å². The molecule has 0 aliphatic carbocycles. The Morgan fingerprint density at radius 2 is 2.13 bits per heavy atom. The van der Waals surface area contributed by atoms with Crippen LogP contribution < -0.4 is 16.4 Å². The highest BCUT2D eigenvalue weighted by Crippen LogP contribution is 2.18. The van der Waals surface area contributed by atoms with Crippen molar-refractivity contribution in [2.45, 2.75) is 12.5 Å². The summed E-state index contributed by atoms with van der Waals surface area (Å²) in [5.74, 6) is 0.279. The summed E-state index contributed by atoms with van der Waals surface area (Å²) >= 11 is 0. The van der Waals surface area contributed by atoms with E-state index in [9.17, 15) is 9.18 Å². The molecule has 3 rings (SSSR count). The van der Waals surface area contributed by atoms with Crippen molar-refractivity contribution in [2.75, 3.05) is 29.5 Å². The second-order valence-electron chi connectivity index (χ2n) is 5.46. The molecule has 0 radical (unpaired) electrons. The SMILES string of the molecule is Nc1ccc(NC2CCN(C(=O)Nc3ccccc3F)C2)nc1. The highest BCUT2D eigenvalue weighted by molar-refractivity contribution is 5.89. The molecular weight excluding hydrogens is 297 g/mol. The number of nitrogens with two attached hydrogens (primary N) is 1. The number of pyridine rings is 1. The number of aromatic nitrogens is 1. The van der Waals surface area contributed by atoms with Crippen LogP contribution in [0, 0.1) is 5.82 Å². The van der Waals surface area contributed by atoms with E-state index in [-0.39, 0.29) is 17.8 Å². The Morgan fingerprint density at radius 1 is 1.30 bits per heavy atom. The predicted molar refractivity (Wildman–Crippen MR) is 87.7 cm³/mol.